The van der Waals surface area contributed by atoms with Crippen LogP contribution in [0.3, 0.4) is 0 Å². The second-order valence-corrected chi connectivity index (χ2v) is 10.7. The standard InChI is InChI=1S/C20H30N2O4S/c1-19(2)11-8-14(19)20(3,15(23)9-11)26-16(24)7-5-4-6-13-17-12(10-27-13)21-18(25)22-17/h11-14,17H,4-10H2,1-3H3,(H2,21,22,25)/t11-,12-,13+,14+,17+,20-/m1/s1. The number of rotatable bonds is 6. The molecular formula is C20H30N2O4S. The van der Waals surface area contributed by atoms with Crippen LogP contribution in [0, 0.1) is 17.3 Å². The maximum absolute atomic E-state index is 12.5. The predicted molar refractivity (Wildman–Crippen MR) is 103 cm³/mol. The smallest absolute Gasteiger partial charge is 0.315 e. The molecule has 3 saturated carbocycles. The first-order valence-corrected chi connectivity index (χ1v) is 11.2. The summed E-state index contributed by atoms with van der Waals surface area (Å²) in [5.41, 5.74) is -0.859. The van der Waals surface area contributed by atoms with Crippen LogP contribution in [0.2, 0.25) is 0 Å². The van der Waals surface area contributed by atoms with Gasteiger partial charge in [-0.1, -0.05) is 20.3 Å². The van der Waals surface area contributed by atoms with E-state index in [1.165, 1.54) is 0 Å². The van der Waals surface area contributed by atoms with Gasteiger partial charge < -0.3 is 15.4 Å². The van der Waals surface area contributed by atoms with Crippen LogP contribution in [-0.4, -0.2) is 46.5 Å². The quantitative estimate of drug-likeness (QED) is 0.411. The van der Waals surface area contributed by atoms with Crippen molar-refractivity contribution in [1.29, 1.82) is 0 Å². The lowest BCUT2D eigenvalue weighted by Gasteiger charge is -2.62. The molecule has 5 fully saturated rings. The minimum atomic E-state index is -0.941. The first kappa shape index (κ1) is 19.1. The summed E-state index contributed by atoms with van der Waals surface area (Å²) >= 11 is 1.89. The number of esters is 1. The van der Waals surface area contributed by atoms with E-state index in [1.807, 2.05) is 18.7 Å². The van der Waals surface area contributed by atoms with Crippen molar-refractivity contribution in [2.75, 3.05) is 5.75 Å². The number of hydrogen-bond donors (Lipinski definition) is 2. The summed E-state index contributed by atoms with van der Waals surface area (Å²) in [5, 5.41) is 6.35. The molecule has 2 heterocycles. The van der Waals surface area contributed by atoms with Crippen LogP contribution in [0.4, 0.5) is 4.79 Å². The number of urea groups is 1. The lowest BCUT2D eigenvalue weighted by molar-refractivity contribution is -0.213. The summed E-state index contributed by atoms with van der Waals surface area (Å²) < 4.78 is 5.77. The van der Waals surface area contributed by atoms with Crippen LogP contribution in [0.5, 0.6) is 0 Å². The fourth-order valence-corrected chi connectivity index (χ4v) is 7.13. The van der Waals surface area contributed by atoms with Crippen LogP contribution in [0.1, 0.15) is 59.3 Å². The first-order valence-electron chi connectivity index (χ1n) is 10.2. The molecular weight excluding hydrogens is 364 g/mol. The van der Waals surface area contributed by atoms with Gasteiger partial charge in [0.15, 0.2) is 11.4 Å². The van der Waals surface area contributed by atoms with Crippen LogP contribution < -0.4 is 10.6 Å². The van der Waals surface area contributed by atoms with Crippen molar-refractivity contribution in [3.05, 3.63) is 0 Å². The van der Waals surface area contributed by atoms with Crippen molar-refractivity contribution < 1.29 is 19.1 Å². The van der Waals surface area contributed by atoms with Gasteiger partial charge in [-0.25, -0.2) is 4.79 Å². The van der Waals surface area contributed by atoms with Gasteiger partial charge in [0.1, 0.15) is 0 Å². The third kappa shape index (κ3) is 3.15. The molecule has 6 atom stereocenters. The SMILES string of the molecule is CC1(C)[C@H]2CC(=O)[C@](C)(OC(=O)CCCC[C@@H]3SC[C@H]4NC(=O)N[C@H]34)[C@H]1C2. The van der Waals surface area contributed by atoms with Gasteiger partial charge >= 0.3 is 12.0 Å². The number of hydrogen-bond acceptors (Lipinski definition) is 5. The molecule has 5 aliphatic rings. The fourth-order valence-electron chi connectivity index (χ4n) is 5.59. The van der Waals surface area contributed by atoms with E-state index in [9.17, 15) is 14.4 Å². The van der Waals surface area contributed by atoms with E-state index >= 15 is 0 Å². The Hall–Kier alpha value is -1.24. The maximum atomic E-state index is 12.5. The van der Waals surface area contributed by atoms with Crippen LogP contribution in [0.15, 0.2) is 0 Å². The van der Waals surface area contributed by atoms with E-state index in [4.69, 9.17) is 4.74 Å². The van der Waals surface area contributed by atoms with E-state index in [-0.39, 0.29) is 41.2 Å². The van der Waals surface area contributed by atoms with Gasteiger partial charge in [-0.15, -0.1) is 0 Å². The highest BCUT2D eigenvalue weighted by Crippen LogP contribution is 2.62. The van der Waals surface area contributed by atoms with Gasteiger partial charge in [0.2, 0.25) is 0 Å². The molecule has 0 aromatic carbocycles. The first-order chi connectivity index (χ1) is 12.7. The Balaban J connectivity index is 1.22. The minimum absolute atomic E-state index is 0.0644. The van der Waals surface area contributed by atoms with E-state index in [2.05, 4.69) is 24.5 Å². The topological polar surface area (TPSA) is 84.5 Å². The maximum Gasteiger partial charge on any atom is 0.315 e. The Morgan fingerprint density at radius 2 is 2.00 bits per heavy atom. The minimum Gasteiger partial charge on any atom is -0.451 e. The van der Waals surface area contributed by atoms with Crippen LogP contribution >= 0.6 is 11.8 Å². The van der Waals surface area contributed by atoms with Gasteiger partial charge in [-0.05, 0) is 37.5 Å². The molecule has 2 N–H and O–H groups in total. The number of fused-ring (bicyclic) bond motifs is 3. The van der Waals surface area contributed by atoms with Crippen molar-refractivity contribution in [3.8, 4) is 0 Å². The number of thioether (sulfide) groups is 1. The van der Waals surface area contributed by atoms with Crippen molar-refractivity contribution in [2.24, 2.45) is 17.3 Å². The van der Waals surface area contributed by atoms with E-state index < -0.39 is 5.60 Å². The van der Waals surface area contributed by atoms with Crippen LogP contribution in [-0.2, 0) is 14.3 Å². The second-order valence-electron chi connectivity index (χ2n) is 9.38. The number of ketones is 1. The van der Waals surface area contributed by atoms with E-state index in [0.29, 0.717) is 24.0 Å². The number of amides is 2. The Kier molecular flexibility index (Phi) is 4.72. The average molecular weight is 395 g/mol. The van der Waals surface area contributed by atoms with Gasteiger partial charge in [-0.3, -0.25) is 9.59 Å². The highest BCUT2D eigenvalue weighted by molar-refractivity contribution is 8.00. The van der Waals surface area contributed by atoms with Crippen molar-refractivity contribution >= 4 is 29.5 Å². The molecule has 2 amide bonds. The van der Waals surface area contributed by atoms with Crippen molar-refractivity contribution in [1.82, 2.24) is 10.6 Å². The summed E-state index contributed by atoms with van der Waals surface area (Å²) in [6.45, 7) is 6.20. The molecule has 0 unspecified atom stereocenters. The molecule has 7 heteroatoms. The summed E-state index contributed by atoms with van der Waals surface area (Å²) in [6.07, 6.45) is 4.55. The largest absolute Gasteiger partial charge is 0.451 e. The monoisotopic (exact) mass is 394 g/mol. The molecule has 5 rings (SSSR count). The molecule has 6 nitrogen and oxygen atoms in total. The summed E-state index contributed by atoms with van der Waals surface area (Å²) in [5.74, 6) is 1.38. The Morgan fingerprint density at radius 3 is 2.74 bits per heavy atom. The normalized spacial score (nSPS) is 41.4. The molecule has 150 valence electrons. The highest BCUT2D eigenvalue weighted by atomic mass is 32.2. The van der Waals surface area contributed by atoms with Crippen LogP contribution in [0.25, 0.3) is 0 Å². The third-order valence-electron chi connectivity index (χ3n) is 7.50. The van der Waals surface area contributed by atoms with Crippen molar-refractivity contribution in [2.45, 2.75) is 82.2 Å². The van der Waals surface area contributed by atoms with Gasteiger partial charge in [0.25, 0.3) is 0 Å². The number of Topliss-reactive ketones (excluding diaryl/α,β-unsaturated/α-hetero) is 1. The average Bonchev–Trinajstić information content (AvgIpc) is 3.13. The molecule has 0 radical (unpaired) electrons. The number of carbonyl (C=O) groups excluding carboxylic acids is 3. The number of unbranched alkanes of at least 4 members (excludes halogenated alkanes) is 1. The molecule has 2 saturated heterocycles. The zero-order valence-electron chi connectivity index (χ0n) is 16.4. The summed E-state index contributed by atoms with van der Waals surface area (Å²) in [4.78, 5) is 36.3. The summed E-state index contributed by atoms with van der Waals surface area (Å²) in [6, 6.07) is 0.386. The second kappa shape index (κ2) is 6.68. The lowest BCUT2D eigenvalue weighted by atomic mass is 9.44. The Bertz CT molecular complexity index is 666. The molecule has 0 spiro atoms. The summed E-state index contributed by atoms with van der Waals surface area (Å²) in [7, 11) is 0. The number of carbonyl (C=O) groups is 3. The van der Waals surface area contributed by atoms with Gasteiger partial charge in [0, 0.05) is 29.8 Å². The lowest BCUT2D eigenvalue weighted by Crippen LogP contribution is -2.66. The van der Waals surface area contributed by atoms with E-state index in [0.717, 1.165) is 31.4 Å². The third-order valence-corrected chi connectivity index (χ3v) is 9.01. The van der Waals surface area contributed by atoms with Gasteiger partial charge in [-0.2, -0.15) is 11.8 Å². The fraction of sp³-hybridized carbons (Fsp3) is 0.850. The highest BCUT2D eigenvalue weighted by Gasteiger charge is 2.65. The molecule has 2 bridgehead atoms. The molecule has 3 aliphatic carbocycles. The zero-order chi connectivity index (χ0) is 19.4. The van der Waals surface area contributed by atoms with E-state index in [1.54, 1.807) is 0 Å². The number of nitrogens with one attached hydrogen (secondary N) is 2. The molecule has 27 heavy (non-hydrogen) atoms. The predicted octanol–water partition coefficient (Wildman–Crippen LogP) is 2.65. The van der Waals surface area contributed by atoms with Crippen molar-refractivity contribution in [3.63, 3.8) is 0 Å². The molecule has 0 aromatic heterocycles. The molecule has 2 aliphatic heterocycles. The Labute approximate surface area is 164 Å². The van der Waals surface area contributed by atoms with Gasteiger partial charge in [0.05, 0.1) is 12.1 Å². The zero-order valence-corrected chi connectivity index (χ0v) is 17.2. The Morgan fingerprint density at radius 1 is 1.22 bits per heavy atom. The number of ether oxygens (including phenoxy) is 1. The molecule has 0 aromatic rings.